The molecule has 2 fully saturated rings. The van der Waals surface area contributed by atoms with Crippen LogP contribution in [-0.2, 0) is 4.79 Å². The van der Waals surface area contributed by atoms with Gasteiger partial charge in [0.1, 0.15) is 0 Å². The molecule has 1 aliphatic carbocycles. The van der Waals surface area contributed by atoms with Crippen LogP contribution in [0.25, 0.3) is 0 Å². The van der Waals surface area contributed by atoms with Gasteiger partial charge in [0.05, 0.1) is 6.04 Å². The molecule has 3 rings (SSSR count). The van der Waals surface area contributed by atoms with E-state index in [2.05, 4.69) is 16.0 Å². The highest BCUT2D eigenvalue weighted by Crippen LogP contribution is 2.40. The number of aromatic nitrogens is 1. The van der Waals surface area contributed by atoms with Crippen molar-refractivity contribution in [2.75, 3.05) is 13.1 Å². The number of rotatable bonds is 4. The van der Waals surface area contributed by atoms with E-state index in [1.165, 1.54) is 24.8 Å². The molecular formula is C18H28ClN3O. The average Bonchev–Trinajstić information content (AvgIpc) is 3.06. The van der Waals surface area contributed by atoms with E-state index < -0.39 is 0 Å². The van der Waals surface area contributed by atoms with E-state index in [-0.39, 0.29) is 23.9 Å². The van der Waals surface area contributed by atoms with Gasteiger partial charge in [-0.1, -0.05) is 25.3 Å². The fraction of sp³-hybridized carbons (Fsp3) is 0.667. The summed E-state index contributed by atoms with van der Waals surface area (Å²) in [6.07, 6.45) is 12.4. The molecule has 4 nitrogen and oxygen atoms in total. The molecule has 23 heavy (non-hydrogen) atoms. The Kier molecular flexibility index (Phi) is 6.42. The molecule has 0 spiro atoms. The lowest BCUT2D eigenvalue weighted by Crippen LogP contribution is -2.40. The van der Waals surface area contributed by atoms with E-state index in [0.717, 1.165) is 32.2 Å². The van der Waals surface area contributed by atoms with Gasteiger partial charge < -0.3 is 10.6 Å². The van der Waals surface area contributed by atoms with Crippen LogP contribution in [-0.4, -0.2) is 28.9 Å². The summed E-state index contributed by atoms with van der Waals surface area (Å²) in [7, 11) is 0. The summed E-state index contributed by atoms with van der Waals surface area (Å²) in [5, 5.41) is 0. The molecule has 1 aromatic heterocycles. The van der Waals surface area contributed by atoms with Crippen molar-refractivity contribution >= 4 is 18.3 Å². The van der Waals surface area contributed by atoms with Crippen molar-refractivity contribution in [2.45, 2.75) is 57.4 Å². The molecule has 128 valence electrons. The fourth-order valence-corrected chi connectivity index (χ4v) is 4.16. The van der Waals surface area contributed by atoms with Gasteiger partial charge in [0.25, 0.3) is 0 Å². The predicted molar refractivity (Wildman–Crippen MR) is 94.4 cm³/mol. The molecule has 1 saturated carbocycles. The van der Waals surface area contributed by atoms with Crippen molar-refractivity contribution in [2.24, 2.45) is 11.1 Å². The standard InChI is InChI=1S/C18H27N3O.ClH/c19-14-18(8-2-1-3-9-18)12-17(22)21-11-5-7-16(21)15-6-4-10-20-13-15;/h4,6,10,13,16H,1-3,5,7-9,11-12,14,19H2;1H. The minimum absolute atomic E-state index is 0. The van der Waals surface area contributed by atoms with Gasteiger partial charge in [-0.15, -0.1) is 12.4 Å². The molecule has 1 amide bonds. The van der Waals surface area contributed by atoms with Crippen molar-refractivity contribution in [3.05, 3.63) is 30.1 Å². The summed E-state index contributed by atoms with van der Waals surface area (Å²) in [6, 6.07) is 4.25. The molecule has 5 heteroatoms. The number of likely N-dealkylation sites (tertiary alicyclic amines) is 1. The number of halogens is 1. The molecule has 2 heterocycles. The van der Waals surface area contributed by atoms with Gasteiger partial charge in [-0.3, -0.25) is 9.78 Å². The van der Waals surface area contributed by atoms with Crippen LogP contribution in [0.2, 0.25) is 0 Å². The molecule has 2 aliphatic rings. The van der Waals surface area contributed by atoms with Gasteiger partial charge in [0, 0.05) is 25.4 Å². The monoisotopic (exact) mass is 337 g/mol. The first-order valence-corrected chi connectivity index (χ1v) is 8.64. The van der Waals surface area contributed by atoms with Gasteiger partial charge in [-0.25, -0.2) is 0 Å². The van der Waals surface area contributed by atoms with Crippen molar-refractivity contribution in [1.82, 2.24) is 9.88 Å². The highest BCUT2D eigenvalue weighted by molar-refractivity contribution is 5.85. The maximum absolute atomic E-state index is 12.9. The second kappa shape index (κ2) is 8.11. The molecule has 0 aromatic carbocycles. The fourth-order valence-electron chi connectivity index (χ4n) is 4.16. The van der Waals surface area contributed by atoms with Crippen LogP contribution < -0.4 is 5.73 Å². The Labute approximate surface area is 145 Å². The second-order valence-electron chi connectivity index (χ2n) is 6.97. The second-order valence-corrected chi connectivity index (χ2v) is 6.97. The Bertz CT molecular complexity index is 502. The molecule has 1 aliphatic heterocycles. The topological polar surface area (TPSA) is 59.2 Å². The third-order valence-electron chi connectivity index (χ3n) is 5.52. The molecule has 1 unspecified atom stereocenters. The summed E-state index contributed by atoms with van der Waals surface area (Å²) in [5.74, 6) is 0.290. The quantitative estimate of drug-likeness (QED) is 0.915. The van der Waals surface area contributed by atoms with Crippen LogP contribution in [0.15, 0.2) is 24.5 Å². The van der Waals surface area contributed by atoms with Gasteiger partial charge in [0.2, 0.25) is 5.91 Å². The SMILES string of the molecule is Cl.NCC1(CC(=O)N2CCCC2c2cccnc2)CCCCC1. The molecule has 2 N–H and O–H groups in total. The first-order chi connectivity index (χ1) is 10.7. The van der Waals surface area contributed by atoms with E-state index in [1.807, 2.05) is 12.3 Å². The van der Waals surface area contributed by atoms with E-state index in [0.29, 0.717) is 18.9 Å². The Hall–Kier alpha value is -1.13. The normalized spacial score (nSPS) is 23.3. The smallest absolute Gasteiger partial charge is 0.223 e. The summed E-state index contributed by atoms with van der Waals surface area (Å²) in [5.41, 5.74) is 7.27. The average molecular weight is 338 g/mol. The summed E-state index contributed by atoms with van der Waals surface area (Å²) in [6.45, 7) is 1.52. The van der Waals surface area contributed by atoms with Gasteiger partial charge in [-0.2, -0.15) is 0 Å². The van der Waals surface area contributed by atoms with Crippen molar-refractivity contribution < 1.29 is 4.79 Å². The molecule has 1 aromatic rings. The minimum atomic E-state index is 0. The molecule has 0 bridgehead atoms. The predicted octanol–water partition coefficient (Wildman–Crippen LogP) is 3.47. The lowest BCUT2D eigenvalue weighted by atomic mass is 9.71. The van der Waals surface area contributed by atoms with E-state index in [1.54, 1.807) is 6.20 Å². The molecular weight excluding hydrogens is 310 g/mol. The Morgan fingerprint density at radius 3 is 2.74 bits per heavy atom. The van der Waals surface area contributed by atoms with E-state index >= 15 is 0 Å². The van der Waals surface area contributed by atoms with Crippen LogP contribution in [0, 0.1) is 5.41 Å². The van der Waals surface area contributed by atoms with E-state index in [4.69, 9.17) is 5.73 Å². The summed E-state index contributed by atoms with van der Waals surface area (Å²) < 4.78 is 0. The summed E-state index contributed by atoms with van der Waals surface area (Å²) >= 11 is 0. The molecule has 1 saturated heterocycles. The van der Waals surface area contributed by atoms with Crippen LogP contribution in [0.3, 0.4) is 0 Å². The number of hydrogen-bond donors (Lipinski definition) is 1. The zero-order valence-corrected chi connectivity index (χ0v) is 14.6. The largest absolute Gasteiger partial charge is 0.336 e. The van der Waals surface area contributed by atoms with Gasteiger partial charge >= 0.3 is 0 Å². The lowest BCUT2D eigenvalue weighted by molar-refractivity contribution is -0.135. The molecule has 1 atom stereocenters. The van der Waals surface area contributed by atoms with Crippen molar-refractivity contribution in [3.63, 3.8) is 0 Å². The first-order valence-electron chi connectivity index (χ1n) is 8.64. The highest BCUT2D eigenvalue weighted by atomic mass is 35.5. The highest BCUT2D eigenvalue weighted by Gasteiger charge is 2.37. The number of hydrogen-bond acceptors (Lipinski definition) is 3. The zero-order chi connectivity index (χ0) is 15.4. The van der Waals surface area contributed by atoms with Crippen molar-refractivity contribution in [1.29, 1.82) is 0 Å². The van der Waals surface area contributed by atoms with Crippen LogP contribution in [0.1, 0.15) is 63.0 Å². The number of pyridine rings is 1. The van der Waals surface area contributed by atoms with Crippen LogP contribution in [0.5, 0.6) is 0 Å². The maximum Gasteiger partial charge on any atom is 0.223 e. The Morgan fingerprint density at radius 1 is 1.30 bits per heavy atom. The Balaban J connectivity index is 0.00000192. The number of nitrogens with zero attached hydrogens (tertiary/aromatic N) is 2. The third-order valence-corrected chi connectivity index (χ3v) is 5.52. The number of carbonyl (C=O) groups is 1. The van der Waals surface area contributed by atoms with Gasteiger partial charge in [0.15, 0.2) is 0 Å². The van der Waals surface area contributed by atoms with E-state index in [9.17, 15) is 4.79 Å². The lowest BCUT2D eigenvalue weighted by Gasteiger charge is -2.37. The minimum Gasteiger partial charge on any atom is -0.336 e. The zero-order valence-electron chi connectivity index (χ0n) is 13.7. The Morgan fingerprint density at radius 2 is 2.09 bits per heavy atom. The van der Waals surface area contributed by atoms with Gasteiger partial charge in [-0.05, 0) is 49.3 Å². The third kappa shape index (κ3) is 4.04. The molecule has 0 radical (unpaired) electrons. The first kappa shape index (κ1) is 18.2. The number of amides is 1. The van der Waals surface area contributed by atoms with Crippen molar-refractivity contribution in [3.8, 4) is 0 Å². The maximum atomic E-state index is 12.9. The van der Waals surface area contributed by atoms with Crippen LogP contribution in [0.4, 0.5) is 0 Å². The summed E-state index contributed by atoms with van der Waals surface area (Å²) in [4.78, 5) is 19.2. The van der Waals surface area contributed by atoms with Crippen LogP contribution >= 0.6 is 12.4 Å². The number of carbonyl (C=O) groups excluding carboxylic acids is 1. The number of nitrogens with two attached hydrogens (primary N) is 1.